The molecule has 7 nitrogen and oxygen atoms in total. The lowest BCUT2D eigenvalue weighted by atomic mass is 9.91. The van der Waals surface area contributed by atoms with E-state index in [1.165, 1.54) is 42.0 Å². The molecule has 3 amide bonds. The summed E-state index contributed by atoms with van der Waals surface area (Å²) in [5, 5.41) is 2.74. The van der Waals surface area contributed by atoms with Gasteiger partial charge in [0, 0.05) is 41.1 Å². The van der Waals surface area contributed by atoms with Crippen LogP contribution in [-0.4, -0.2) is 33.3 Å². The molecular weight excluding hydrogens is 514 g/mol. The lowest BCUT2D eigenvalue weighted by Crippen LogP contribution is -2.62. The van der Waals surface area contributed by atoms with Crippen molar-refractivity contribution in [1.82, 2.24) is 14.8 Å². The molecule has 1 aliphatic heterocycles. The number of benzene rings is 2. The maximum Gasteiger partial charge on any atom is 0.323 e. The molecule has 0 fully saturated rings. The molecule has 194 valence electrons. The second-order valence-corrected chi connectivity index (χ2v) is 9.08. The van der Waals surface area contributed by atoms with Gasteiger partial charge in [0.05, 0.1) is 18.8 Å². The molecule has 12 heteroatoms. The summed E-state index contributed by atoms with van der Waals surface area (Å²) in [6, 6.07) is 5.39. The molecule has 0 radical (unpaired) electrons. The minimum atomic E-state index is -1.87. The van der Waals surface area contributed by atoms with E-state index in [4.69, 9.17) is 17.3 Å². The number of primary amides is 1. The van der Waals surface area contributed by atoms with Crippen LogP contribution in [0.1, 0.15) is 36.6 Å². The number of carbonyl (C=O) groups excluding carboxylic acids is 2. The number of nitrogens with one attached hydrogen (secondary N) is 1. The highest BCUT2D eigenvalue weighted by atomic mass is 35.5. The zero-order valence-electron chi connectivity index (χ0n) is 19.7. The third-order valence-electron chi connectivity index (χ3n) is 6.54. The lowest BCUT2D eigenvalue weighted by molar-refractivity contribution is -0.126. The van der Waals surface area contributed by atoms with Crippen LogP contribution < -0.4 is 11.1 Å². The second-order valence-electron chi connectivity index (χ2n) is 8.73. The molecule has 2 aromatic carbocycles. The number of amides is 3. The van der Waals surface area contributed by atoms with Crippen LogP contribution >= 0.6 is 11.6 Å². The minimum absolute atomic E-state index is 0.0473. The standard InChI is InChI=1S/C25H22ClF4N5O2/c1-13(16-5-3-14(27)9-19(16)29)34(12-22(31)36)25(2,18-6-4-15(28)10-20(18)30)35-11-17-21(33-24(35)37)7-8-32-23(17)26/h3-10,13H,11-12H2,1-2H3,(H2,31,36)(H,33,37)/t13-,25-/m0/s1. The molecule has 1 aliphatic rings. The predicted molar refractivity (Wildman–Crippen MR) is 128 cm³/mol. The topological polar surface area (TPSA) is 91.6 Å². The van der Waals surface area contributed by atoms with E-state index in [0.29, 0.717) is 23.4 Å². The van der Waals surface area contributed by atoms with E-state index in [1.54, 1.807) is 0 Å². The summed E-state index contributed by atoms with van der Waals surface area (Å²) in [5.41, 5.74) is 4.19. The highest BCUT2D eigenvalue weighted by molar-refractivity contribution is 6.30. The van der Waals surface area contributed by atoms with E-state index in [0.717, 1.165) is 18.2 Å². The van der Waals surface area contributed by atoms with Crippen LogP contribution in [0.25, 0.3) is 0 Å². The molecule has 3 aromatic rings. The number of halogens is 5. The Morgan fingerprint density at radius 3 is 2.43 bits per heavy atom. The first-order chi connectivity index (χ1) is 17.4. The van der Waals surface area contributed by atoms with Crippen molar-refractivity contribution in [2.24, 2.45) is 5.73 Å². The Kier molecular flexibility index (Phi) is 7.11. The van der Waals surface area contributed by atoms with Gasteiger partial charge >= 0.3 is 6.03 Å². The normalized spacial score (nSPS) is 15.7. The fraction of sp³-hybridized carbons (Fsp3) is 0.240. The average Bonchev–Trinajstić information content (AvgIpc) is 2.81. The Bertz CT molecular complexity index is 1390. The summed E-state index contributed by atoms with van der Waals surface area (Å²) < 4.78 is 57.8. The Balaban J connectivity index is 1.96. The largest absolute Gasteiger partial charge is 0.369 e. The molecule has 4 rings (SSSR count). The summed E-state index contributed by atoms with van der Waals surface area (Å²) in [5.74, 6) is -4.52. The van der Waals surface area contributed by atoms with Crippen molar-refractivity contribution in [2.45, 2.75) is 32.1 Å². The van der Waals surface area contributed by atoms with Crippen molar-refractivity contribution in [1.29, 1.82) is 0 Å². The number of pyridine rings is 1. The first-order valence-corrected chi connectivity index (χ1v) is 11.5. The van der Waals surface area contributed by atoms with Crippen molar-refractivity contribution < 1.29 is 27.2 Å². The monoisotopic (exact) mass is 535 g/mol. The van der Waals surface area contributed by atoms with E-state index in [-0.39, 0.29) is 22.8 Å². The van der Waals surface area contributed by atoms with Crippen LogP contribution in [0.5, 0.6) is 0 Å². The second kappa shape index (κ2) is 9.98. The minimum Gasteiger partial charge on any atom is -0.369 e. The van der Waals surface area contributed by atoms with Crippen molar-refractivity contribution in [2.75, 3.05) is 11.9 Å². The highest BCUT2D eigenvalue weighted by Crippen LogP contribution is 2.43. The van der Waals surface area contributed by atoms with E-state index >= 15 is 4.39 Å². The van der Waals surface area contributed by atoms with Gasteiger partial charge in [-0.25, -0.2) is 27.3 Å². The number of hydrogen-bond acceptors (Lipinski definition) is 4. The maximum atomic E-state index is 15.4. The van der Waals surface area contributed by atoms with Crippen LogP contribution in [-0.2, 0) is 17.0 Å². The molecule has 0 aliphatic carbocycles. The Hall–Kier alpha value is -3.70. The number of fused-ring (bicyclic) bond motifs is 1. The summed E-state index contributed by atoms with van der Waals surface area (Å²) in [6.07, 6.45) is 1.40. The molecule has 0 saturated heterocycles. The van der Waals surface area contributed by atoms with Crippen molar-refractivity contribution >= 4 is 29.2 Å². The first kappa shape index (κ1) is 26.4. The molecule has 0 saturated carbocycles. The third-order valence-corrected chi connectivity index (χ3v) is 6.86. The summed E-state index contributed by atoms with van der Waals surface area (Å²) in [4.78, 5) is 32.1. The van der Waals surface area contributed by atoms with Crippen LogP contribution in [0.15, 0.2) is 48.7 Å². The molecule has 0 spiro atoms. The lowest BCUT2D eigenvalue weighted by Gasteiger charge is -2.52. The zero-order chi connectivity index (χ0) is 27.1. The van der Waals surface area contributed by atoms with Crippen molar-refractivity contribution in [3.63, 3.8) is 0 Å². The Morgan fingerprint density at radius 1 is 1.16 bits per heavy atom. The SMILES string of the molecule is C[C@@H](c1ccc(F)cc1F)N(CC(N)=O)[C@](C)(c1ccc(F)cc1F)N1Cc2c(ccnc2Cl)NC1=O. The number of nitrogens with two attached hydrogens (primary N) is 1. The number of nitrogens with zero attached hydrogens (tertiary/aromatic N) is 3. The van der Waals surface area contributed by atoms with E-state index in [9.17, 15) is 22.8 Å². The van der Waals surface area contributed by atoms with Gasteiger partial charge in [-0.05, 0) is 38.1 Å². The predicted octanol–water partition coefficient (Wildman–Crippen LogP) is 5.06. The Labute approximate surface area is 214 Å². The highest BCUT2D eigenvalue weighted by Gasteiger charge is 2.48. The molecule has 37 heavy (non-hydrogen) atoms. The van der Waals surface area contributed by atoms with Crippen LogP contribution in [0.3, 0.4) is 0 Å². The van der Waals surface area contributed by atoms with Crippen LogP contribution in [0.2, 0.25) is 5.15 Å². The number of carbonyl (C=O) groups is 2. The quantitative estimate of drug-likeness (QED) is 0.327. The fourth-order valence-electron chi connectivity index (χ4n) is 4.67. The van der Waals surface area contributed by atoms with Gasteiger partial charge in [0.1, 0.15) is 34.1 Å². The molecule has 2 heterocycles. The van der Waals surface area contributed by atoms with E-state index in [1.807, 2.05) is 0 Å². The molecule has 0 bridgehead atoms. The van der Waals surface area contributed by atoms with Crippen molar-refractivity contribution in [3.8, 4) is 0 Å². The van der Waals surface area contributed by atoms with Gasteiger partial charge < -0.3 is 11.1 Å². The van der Waals surface area contributed by atoms with Crippen LogP contribution in [0.4, 0.5) is 28.0 Å². The van der Waals surface area contributed by atoms with Gasteiger partial charge in [-0.2, -0.15) is 0 Å². The third kappa shape index (κ3) is 4.84. The van der Waals surface area contributed by atoms with Gasteiger partial charge in [-0.1, -0.05) is 17.7 Å². The van der Waals surface area contributed by atoms with Gasteiger partial charge in [0.15, 0.2) is 0 Å². The van der Waals surface area contributed by atoms with E-state index < -0.39 is 53.5 Å². The summed E-state index contributed by atoms with van der Waals surface area (Å²) in [7, 11) is 0. The van der Waals surface area contributed by atoms with Gasteiger partial charge in [-0.3, -0.25) is 14.6 Å². The number of aromatic nitrogens is 1. The number of anilines is 1. The maximum absolute atomic E-state index is 15.4. The van der Waals surface area contributed by atoms with E-state index in [2.05, 4.69) is 10.3 Å². The van der Waals surface area contributed by atoms with Crippen molar-refractivity contribution in [3.05, 3.63) is 93.8 Å². The number of rotatable bonds is 7. The average molecular weight is 536 g/mol. The summed E-state index contributed by atoms with van der Waals surface area (Å²) >= 11 is 6.28. The number of hydrogen-bond donors (Lipinski definition) is 2. The molecule has 1 aromatic heterocycles. The van der Waals surface area contributed by atoms with Gasteiger partial charge in [-0.15, -0.1) is 0 Å². The molecular formula is C25H22ClF4N5O2. The number of urea groups is 1. The fourth-order valence-corrected chi connectivity index (χ4v) is 4.89. The van der Waals surface area contributed by atoms with Gasteiger partial charge in [0.2, 0.25) is 5.91 Å². The molecule has 3 N–H and O–H groups in total. The first-order valence-electron chi connectivity index (χ1n) is 11.1. The molecule has 2 atom stereocenters. The summed E-state index contributed by atoms with van der Waals surface area (Å²) in [6.45, 7) is 2.13. The smallest absolute Gasteiger partial charge is 0.323 e. The molecule has 0 unspecified atom stereocenters. The Morgan fingerprint density at radius 2 is 1.81 bits per heavy atom. The van der Waals surface area contributed by atoms with Crippen LogP contribution in [0, 0.1) is 23.3 Å². The van der Waals surface area contributed by atoms with Gasteiger partial charge in [0.25, 0.3) is 0 Å². The zero-order valence-corrected chi connectivity index (χ0v) is 20.5.